The van der Waals surface area contributed by atoms with Crippen LogP contribution in [0.4, 0.5) is 0 Å². The molecule has 3 aliphatic rings. The van der Waals surface area contributed by atoms with Crippen LogP contribution in [-0.2, 0) is 9.59 Å². The topological polar surface area (TPSA) is 66.4 Å². The monoisotopic (exact) mass is 251 g/mol. The lowest BCUT2D eigenvalue weighted by Crippen LogP contribution is -2.52. The third kappa shape index (κ3) is 1.50. The highest BCUT2D eigenvalue weighted by molar-refractivity contribution is 5.89. The van der Waals surface area contributed by atoms with Crippen LogP contribution in [0, 0.1) is 29.6 Å². The fourth-order valence-corrected chi connectivity index (χ4v) is 4.32. The van der Waals surface area contributed by atoms with Crippen LogP contribution in [0.3, 0.4) is 0 Å². The average Bonchev–Trinajstić information content (AvgIpc) is 2.79. The highest BCUT2D eigenvalue weighted by Crippen LogP contribution is 2.69. The quantitative estimate of drug-likeness (QED) is 0.798. The van der Waals surface area contributed by atoms with E-state index >= 15 is 0 Å². The van der Waals surface area contributed by atoms with Gasteiger partial charge in [-0.3, -0.25) is 4.79 Å². The summed E-state index contributed by atoms with van der Waals surface area (Å²) in [5, 5.41) is 12.0. The van der Waals surface area contributed by atoms with Crippen molar-refractivity contribution in [2.24, 2.45) is 29.6 Å². The number of fused-ring (bicyclic) bond motifs is 5. The van der Waals surface area contributed by atoms with Crippen LogP contribution in [0.1, 0.15) is 39.5 Å². The predicted molar refractivity (Wildman–Crippen MR) is 65.8 cm³/mol. The highest BCUT2D eigenvalue weighted by atomic mass is 16.4. The minimum Gasteiger partial charge on any atom is -0.480 e. The molecule has 0 aliphatic heterocycles. The van der Waals surface area contributed by atoms with Crippen LogP contribution in [0.25, 0.3) is 0 Å². The van der Waals surface area contributed by atoms with Crippen molar-refractivity contribution in [2.75, 3.05) is 0 Å². The van der Waals surface area contributed by atoms with Crippen molar-refractivity contribution in [1.82, 2.24) is 5.32 Å². The van der Waals surface area contributed by atoms with Gasteiger partial charge in [-0.05, 0) is 56.3 Å². The Balaban J connectivity index is 1.66. The average molecular weight is 251 g/mol. The first-order valence-corrected chi connectivity index (χ1v) is 7.03. The second-order valence-electron chi connectivity index (χ2n) is 6.49. The molecule has 4 nitrogen and oxygen atoms in total. The summed E-state index contributed by atoms with van der Waals surface area (Å²) in [6, 6.07) is 0. The Bertz CT molecular complexity index is 392. The number of nitrogens with one attached hydrogen (secondary N) is 1. The fourth-order valence-electron chi connectivity index (χ4n) is 4.32. The van der Waals surface area contributed by atoms with Gasteiger partial charge in [-0.15, -0.1) is 0 Å². The second-order valence-corrected chi connectivity index (χ2v) is 6.49. The van der Waals surface area contributed by atoms with Gasteiger partial charge in [0.1, 0.15) is 5.54 Å². The van der Waals surface area contributed by atoms with Crippen molar-refractivity contribution in [3.8, 4) is 0 Å². The van der Waals surface area contributed by atoms with E-state index in [1.807, 2.05) is 0 Å². The summed E-state index contributed by atoms with van der Waals surface area (Å²) < 4.78 is 0. The Morgan fingerprint density at radius 2 is 1.83 bits per heavy atom. The molecule has 0 aromatic rings. The van der Waals surface area contributed by atoms with Crippen LogP contribution in [0.5, 0.6) is 0 Å². The molecule has 5 unspecified atom stereocenters. The first kappa shape index (κ1) is 12.0. The van der Waals surface area contributed by atoms with Gasteiger partial charge in [0.15, 0.2) is 0 Å². The molecule has 0 heterocycles. The SMILES string of the molecule is CCC(C)(NC(=O)C1C2C3CCC(C3)C12)C(=O)O. The van der Waals surface area contributed by atoms with Crippen LogP contribution in [0.2, 0.25) is 0 Å². The van der Waals surface area contributed by atoms with E-state index in [-0.39, 0.29) is 11.8 Å². The summed E-state index contributed by atoms with van der Waals surface area (Å²) in [5.41, 5.74) is -1.10. The lowest BCUT2D eigenvalue weighted by Gasteiger charge is -2.25. The van der Waals surface area contributed by atoms with Gasteiger partial charge in [-0.25, -0.2) is 4.79 Å². The molecule has 2 N–H and O–H groups in total. The van der Waals surface area contributed by atoms with Crippen LogP contribution < -0.4 is 5.32 Å². The van der Waals surface area contributed by atoms with Gasteiger partial charge in [-0.1, -0.05) is 6.92 Å². The first-order valence-electron chi connectivity index (χ1n) is 7.03. The summed E-state index contributed by atoms with van der Waals surface area (Å²) in [5.74, 6) is 1.78. The van der Waals surface area contributed by atoms with Crippen molar-refractivity contribution in [3.63, 3.8) is 0 Å². The third-order valence-corrected chi connectivity index (χ3v) is 5.62. The minimum atomic E-state index is -1.10. The van der Waals surface area contributed by atoms with E-state index in [0.717, 1.165) is 11.8 Å². The number of carboxylic acid groups (broad SMARTS) is 1. The molecule has 1 amide bonds. The van der Waals surface area contributed by atoms with E-state index in [9.17, 15) is 14.7 Å². The van der Waals surface area contributed by atoms with Gasteiger partial charge in [0, 0.05) is 5.92 Å². The van der Waals surface area contributed by atoms with E-state index in [2.05, 4.69) is 5.32 Å². The molecule has 18 heavy (non-hydrogen) atoms. The fraction of sp³-hybridized carbons (Fsp3) is 0.857. The Kier molecular flexibility index (Phi) is 2.48. The van der Waals surface area contributed by atoms with Crippen LogP contribution >= 0.6 is 0 Å². The molecule has 0 spiro atoms. The lowest BCUT2D eigenvalue weighted by molar-refractivity contribution is -0.147. The molecule has 2 bridgehead atoms. The van der Waals surface area contributed by atoms with E-state index in [1.165, 1.54) is 19.3 Å². The zero-order valence-corrected chi connectivity index (χ0v) is 11.0. The van der Waals surface area contributed by atoms with Gasteiger partial charge in [0.25, 0.3) is 0 Å². The number of carbonyl (C=O) groups is 2. The molecule has 100 valence electrons. The first-order chi connectivity index (χ1) is 8.48. The Morgan fingerprint density at radius 1 is 1.28 bits per heavy atom. The maximum absolute atomic E-state index is 12.2. The van der Waals surface area contributed by atoms with Crippen molar-refractivity contribution in [2.45, 2.75) is 45.1 Å². The zero-order valence-electron chi connectivity index (χ0n) is 11.0. The predicted octanol–water partition coefficient (Wildman–Crippen LogP) is 1.65. The molecule has 3 fully saturated rings. The zero-order chi connectivity index (χ0) is 13.1. The standard InChI is InChI=1S/C14H21NO3/c1-3-14(2,13(17)18)15-12(16)11-9-7-4-5-8(6-7)10(9)11/h7-11H,3-6H2,1-2H3,(H,15,16)(H,17,18). The number of rotatable bonds is 4. The van der Waals surface area contributed by atoms with Crippen LogP contribution in [-0.4, -0.2) is 22.5 Å². The molecule has 5 atom stereocenters. The number of hydrogen-bond donors (Lipinski definition) is 2. The molecule has 0 radical (unpaired) electrons. The largest absolute Gasteiger partial charge is 0.480 e. The highest BCUT2D eigenvalue weighted by Gasteiger charge is 2.67. The maximum atomic E-state index is 12.2. The molecule has 0 aromatic carbocycles. The number of carboxylic acids is 1. The smallest absolute Gasteiger partial charge is 0.329 e. The molecular weight excluding hydrogens is 230 g/mol. The summed E-state index contributed by atoms with van der Waals surface area (Å²) >= 11 is 0. The number of amides is 1. The van der Waals surface area contributed by atoms with Crippen molar-refractivity contribution in [1.29, 1.82) is 0 Å². The van der Waals surface area contributed by atoms with Gasteiger partial charge in [0.2, 0.25) is 5.91 Å². The summed E-state index contributed by atoms with van der Waals surface area (Å²) in [7, 11) is 0. The van der Waals surface area contributed by atoms with Crippen molar-refractivity contribution >= 4 is 11.9 Å². The minimum absolute atomic E-state index is 0.0200. The molecule has 3 rings (SSSR count). The second kappa shape index (κ2) is 3.72. The Labute approximate surface area is 107 Å². The van der Waals surface area contributed by atoms with Crippen molar-refractivity contribution < 1.29 is 14.7 Å². The summed E-state index contributed by atoms with van der Waals surface area (Å²) in [6.07, 6.45) is 4.28. The molecule has 3 saturated carbocycles. The lowest BCUT2D eigenvalue weighted by atomic mass is 9.97. The molecular formula is C14H21NO3. The number of aliphatic carboxylic acids is 1. The molecule has 0 aromatic heterocycles. The third-order valence-electron chi connectivity index (χ3n) is 5.62. The Hall–Kier alpha value is -1.06. The van der Waals surface area contributed by atoms with Gasteiger partial charge >= 0.3 is 5.97 Å². The normalized spacial score (nSPS) is 43.1. The molecule has 4 heteroatoms. The van der Waals surface area contributed by atoms with Crippen LogP contribution in [0.15, 0.2) is 0 Å². The number of hydrogen-bond acceptors (Lipinski definition) is 2. The van der Waals surface area contributed by atoms with E-state index in [4.69, 9.17) is 0 Å². The van der Waals surface area contributed by atoms with Crippen molar-refractivity contribution in [3.05, 3.63) is 0 Å². The summed E-state index contributed by atoms with van der Waals surface area (Å²) in [4.78, 5) is 23.4. The van der Waals surface area contributed by atoms with E-state index in [0.29, 0.717) is 18.3 Å². The molecule has 0 saturated heterocycles. The number of carbonyl (C=O) groups excluding carboxylic acids is 1. The van der Waals surface area contributed by atoms with Gasteiger partial charge in [0.05, 0.1) is 0 Å². The Morgan fingerprint density at radius 3 is 2.28 bits per heavy atom. The van der Waals surface area contributed by atoms with Gasteiger partial charge < -0.3 is 10.4 Å². The molecule has 3 aliphatic carbocycles. The summed E-state index contributed by atoms with van der Waals surface area (Å²) in [6.45, 7) is 3.39. The maximum Gasteiger partial charge on any atom is 0.329 e. The van der Waals surface area contributed by atoms with Gasteiger partial charge in [-0.2, -0.15) is 0 Å². The van der Waals surface area contributed by atoms with E-state index < -0.39 is 11.5 Å². The van der Waals surface area contributed by atoms with E-state index in [1.54, 1.807) is 13.8 Å².